The van der Waals surface area contributed by atoms with Gasteiger partial charge in [-0.3, -0.25) is 4.79 Å². The molecule has 2 aliphatic rings. The highest BCUT2D eigenvalue weighted by atomic mass is 35.5. The van der Waals surface area contributed by atoms with Gasteiger partial charge in [-0.1, -0.05) is 14.9 Å². The number of alkyl halides is 2. The third-order valence-corrected chi connectivity index (χ3v) is 3.95. The molecule has 1 unspecified atom stereocenters. The first-order valence-electron chi connectivity index (χ1n) is 10.5. The van der Waals surface area contributed by atoms with Crippen LogP contribution in [0.5, 0.6) is 0 Å². The molecule has 0 aromatic heterocycles. The standard InChI is InChI=1S/C10H19NO3.C10H17NO3.CH2Cl2.2CH4/c2*1-10(2,3)14-9(13)11-6-4-5-8(12)7-11;2-1-3;;/h8,12H,4-7H2,1-3H3;4-7H2,1-3H3;1H2;2*1H4. The van der Waals surface area contributed by atoms with Gasteiger partial charge in [0.1, 0.15) is 11.2 Å². The Balaban J connectivity index is -0.000000462. The molecule has 1 N–H and O–H groups in total. The van der Waals surface area contributed by atoms with Crippen LogP contribution in [0.4, 0.5) is 9.59 Å². The molecule has 2 heterocycles. The maximum Gasteiger partial charge on any atom is 0.410 e. The Morgan fingerprint density at radius 2 is 1.36 bits per heavy atom. The number of rotatable bonds is 0. The summed E-state index contributed by atoms with van der Waals surface area (Å²) in [7, 11) is 0. The lowest BCUT2D eigenvalue weighted by Crippen LogP contribution is -2.44. The summed E-state index contributed by atoms with van der Waals surface area (Å²) in [5.74, 6) is 0.113. The van der Waals surface area contributed by atoms with Crippen molar-refractivity contribution in [2.75, 3.05) is 31.5 Å². The monoisotopic (exact) mass is 516 g/mol. The fourth-order valence-corrected chi connectivity index (χ4v) is 2.77. The van der Waals surface area contributed by atoms with E-state index in [0.717, 1.165) is 19.3 Å². The van der Waals surface area contributed by atoms with Crippen molar-refractivity contribution < 1.29 is 29.0 Å². The number of hydrogen-bond donors (Lipinski definition) is 1. The summed E-state index contributed by atoms with van der Waals surface area (Å²) in [5, 5.41) is 9.57. The molecule has 0 aliphatic carbocycles. The molecule has 2 rings (SSSR count). The summed E-state index contributed by atoms with van der Waals surface area (Å²) in [4.78, 5) is 37.2. The predicted octanol–water partition coefficient (Wildman–Crippen LogP) is 5.66. The number of halogens is 2. The normalized spacial score (nSPS) is 18.2. The molecule has 0 bridgehead atoms. The van der Waals surface area contributed by atoms with Gasteiger partial charge in [-0.15, -0.1) is 23.2 Å². The minimum atomic E-state index is -0.489. The first-order chi connectivity index (χ1) is 14.2. The number of Topliss-reactive ketones (excluding diaryl/α,β-unsaturated/α-hetero) is 1. The van der Waals surface area contributed by atoms with Crippen molar-refractivity contribution in [2.24, 2.45) is 0 Å². The highest BCUT2D eigenvalue weighted by molar-refractivity contribution is 6.40. The second kappa shape index (κ2) is 17.2. The van der Waals surface area contributed by atoms with Gasteiger partial charge in [0.25, 0.3) is 0 Å². The molecular weight excluding hydrogens is 471 g/mol. The molecular formula is C23H46Cl2N2O6. The molecule has 2 saturated heterocycles. The Morgan fingerprint density at radius 3 is 1.76 bits per heavy atom. The zero-order chi connectivity index (χ0) is 24.2. The summed E-state index contributed by atoms with van der Waals surface area (Å²) < 4.78 is 10.4. The van der Waals surface area contributed by atoms with Gasteiger partial charge in [-0.25, -0.2) is 9.59 Å². The Labute approximate surface area is 210 Å². The number of aliphatic hydroxyl groups is 1. The van der Waals surface area contributed by atoms with Gasteiger partial charge in [-0.05, 0) is 60.8 Å². The van der Waals surface area contributed by atoms with Crippen LogP contribution in [-0.2, 0) is 14.3 Å². The van der Waals surface area contributed by atoms with E-state index in [1.807, 2.05) is 41.5 Å². The molecule has 198 valence electrons. The van der Waals surface area contributed by atoms with Crippen LogP contribution >= 0.6 is 23.2 Å². The molecule has 8 nitrogen and oxygen atoms in total. The van der Waals surface area contributed by atoms with Gasteiger partial charge in [0.15, 0.2) is 5.78 Å². The highest BCUT2D eigenvalue weighted by Gasteiger charge is 2.27. The van der Waals surface area contributed by atoms with E-state index in [-0.39, 0.29) is 44.7 Å². The van der Waals surface area contributed by atoms with Crippen molar-refractivity contribution in [3.8, 4) is 0 Å². The number of nitrogens with zero attached hydrogens (tertiary/aromatic N) is 2. The van der Waals surface area contributed by atoms with Crippen LogP contribution in [0.25, 0.3) is 0 Å². The summed E-state index contributed by atoms with van der Waals surface area (Å²) >= 11 is 9.53. The number of β-amino-alcohol motifs (C(OH)–C–C–N with tert-alkyl or cyclic N) is 1. The number of carbonyl (C=O) groups excluding carboxylic acids is 3. The molecule has 0 saturated carbocycles. The summed E-state index contributed by atoms with van der Waals surface area (Å²) in [5.41, 5.74) is -0.947. The van der Waals surface area contributed by atoms with Gasteiger partial charge in [0, 0.05) is 26.1 Å². The number of amides is 2. The van der Waals surface area contributed by atoms with Crippen molar-refractivity contribution >= 4 is 41.2 Å². The second-order valence-electron chi connectivity index (χ2n) is 9.37. The molecule has 33 heavy (non-hydrogen) atoms. The maximum atomic E-state index is 11.6. The van der Waals surface area contributed by atoms with E-state index in [1.165, 1.54) is 4.90 Å². The van der Waals surface area contributed by atoms with Crippen molar-refractivity contribution in [3.05, 3.63) is 0 Å². The fourth-order valence-electron chi connectivity index (χ4n) is 2.77. The Hall–Kier alpha value is -1.25. The van der Waals surface area contributed by atoms with Crippen molar-refractivity contribution in [3.63, 3.8) is 0 Å². The van der Waals surface area contributed by atoms with Gasteiger partial charge in [0.05, 0.1) is 18.0 Å². The lowest BCUT2D eigenvalue weighted by Gasteiger charge is -2.32. The Morgan fingerprint density at radius 1 is 0.939 bits per heavy atom. The van der Waals surface area contributed by atoms with Crippen LogP contribution in [0, 0.1) is 0 Å². The summed E-state index contributed by atoms with van der Waals surface area (Å²) in [6, 6.07) is 0. The van der Waals surface area contributed by atoms with E-state index >= 15 is 0 Å². The molecule has 0 aromatic carbocycles. The molecule has 1 atom stereocenters. The molecule has 0 aromatic rings. The van der Waals surface area contributed by atoms with Gasteiger partial charge in [-0.2, -0.15) is 0 Å². The number of aliphatic hydroxyl groups excluding tert-OH is 1. The largest absolute Gasteiger partial charge is 0.444 e. The minimum absolute atomic E-state index is 0. The molecule has 2 fully saturated rings. The van der Waals surface area contributed by atoms with Crippen LogP contribution in [0.15, 0.2) is 0 Å². The third kappa shape index (κ3) is 18.8. The van der Waals surface area contributed by atoms with Crippen molar-refractivity contribution in [1.29, 1.82) is 0 Å². The Kier molecular flexibility index (Phi) is 19.0. The zero-order valence-electron chi connectivity index (χ0n) is 19.6. The fraction of sp³-hybridized carbons (Fsp3) is 0.870. The van der Waals surface area contributed by atoms with E-state index in [9.17, 15) is 19.5 Å². The first-order valence-corrected chi connectivity index (χ1v) is 11.5. The molecule has 10 heteroatoms. The average molecular weight is 518 g/mol. The number of likely N-dealkylation sites (tertiary alicyclic amines) is 2. The lowest BCUT2D eigenvalue weighted by atomic mass is 10.1. The number of ether oxygens (including phenoxy) is 2. The number of ketones is 1. The topological polar surface area (TPSA) is 96.4 Å². The van der Waals surface area contributed by atoms with Crippen LogP contribution in [0.2, 0.25) is 0 Å². The predicted molar refractivity (Wildman–Crippen MR) is 135 cm³/mol. The van der Waals surface area contributed by atoms with E-state index in [0.29, 0.717) is 26.1 Å². The maximum absolute atomic E-state index is 11.6. The Bertz CT molecular complexity index is 576. The zero-order valence-corrected chi connectivity index (χ0v) is 21.1. The SMILES string of the molecule is C.C.CC(C)(C)OC(=O)N1CCCC(=O)C1.CC(C)(C)OC(=O)N1CCCC(O)C1.ClCCl. The minimum Gasteiger partial charge on any atom is -0.444 e. The number of carbonyl (C=O) groups is 3. The van der Waals surface area contributed by atoms with Crippen LogP contribution in [0.1, 0.15) is 82.1 Å². The van der Waals surface area contributed by atoms with Gasteiger partial charge < -0.3 is 24.4 Å². The molecule has 0 spiro atoms. The first kappa shape index (κ1) is 36.3. The van der Waals surface area contributed by atoms with Crippen molar-refractivity contribution in [2.45, 2.75) is 99.4 Å². The highest BCUT2D eigenvalue weighted by Crippen LogP contribution is 2.15. The second-order valence-corrected chi connectivity index (χ2v) is 10.2. The average Bonchev–Trinajstić information content (AvgIpc) is 2.60. The number of piperidine rings is 2. The summed E-state index contributed by atoms with van der Waals surface area (Å²) in [6.45, 7) is 12.9. The molecule has 0 radical (unpaired) electrons. The van der Waals surface area contributed by atoms with E-state index < -0.39 is 17.3 Å². The van der Waals surface area contributed by atoms with Crippen LogP contribution < -0.4 is 0 Å². The molecule has 2 amide bonds. The van der Waals surface area contributed by atoms with Crippen LogP contribution in [0.3, 0.4) is 0 Å². The van der Waals surface area contributed by atoms with E-state index in [4.69, 9.17) is 32.7 Å². The van der Waals surface area contributed by atoms with Crippen LogP contribution in [-0.4, -0.2) is 81.7 Å². The van der Waals surface area contributed by atoms with Gasteiger partial charge >= 0.3 is 12.2 Å². The third-order valence-electron chi connectivity index (χ3n) is 3.95. The lowest BCUT2D eigenvalue weighted by molar-refractivity contribution is -0.122. The summed E-state index contributed by atoms with van der Waals surface area (Å²) in [6.07, 6.45) is 1.86. The quantitative estimate of drug-likeness (QED) is 0.417. The molecule has 2 aliphatic heterocycles. The number of hydrogen-bond acceptors (Lipinski definition) is 6. The van der Waals surface area contributed by atoms with Crippen molar-refractivity contribution in [1.82, 2.24) is 9.80 Å². The smallest absolute Gasteiger partial charge is 0.410 e. The van der Waals surface area contributed by atoms with E-state index in [1.54, 1.807) is 4.90 Å². The van der Waals surface area contributed by atoms with Gasteiger partial charge in [0.2, 0.25) is 0 Å². The van der Waals surface area contributed by atoms with E-state index in [2.05, 4.69) is 0 Å².